The SMILES string of the molecule is FC(F)(F)SCCC(CNC1CC1)c1ccc(Br)cc1. The van der Waals surface area contributed by atoms with Gasteiger partial charge in [0, 0.05) is 22.8 Å². The van der Waals surface area contributed by atoms with E-state index in [4.69, 9.17) is 0 Å². The number of hydrogen-bond acceptors (Lipinski definition) is 2. The average Bonchev–Trinajstić information content (AvgIpc) is 3.17. The highest BCUT2D eigenvalue weighted by Crippen LogP contribution is 2.33. The van der Waals surface area contributed by atoms with Crippen LogP contribution >= 0.6 is 27.7 Å². The van der Waals surface area contributed by atoms with E-state index in [1.165, 1.54) is 12.8 Å². The zero-order chi connectivity index (χ0) is 14.6. The molecule has 1 atom stereocenters. The predicted molar refractivity (Wildman–Crippen MR) is 81.0 cm³/mol. The lowest BCUT2D eigenvalue weighted by Crippen LogP contribution is -2.24. The molecule has 0 aromatic heterocycles. The molecular weight excluding hydrogens is 351 g/mol. The summed E-state index contributed by atoms with van der Waals surface area (Å²) in [5.74, 6) is 0.245. The first-order valence-corrected chi connectivity index (χ1v) is 8.41. The van der Waals surface area contributed by atoms with Gasteiger partial charge in [0.1, 0.15) is 0 Å². The molecule has 0 heterocycles. The lowest BCUT2D eigenvalue weighted by molar-refractivity contribution is -0.0328. The van der Waals surface area contributed by atoms with Gasteiger partial charge in [-0.2, -0.15) is 13.2 Å². The maximum Gasteiger partial charge on any atom is 0.441 e. The lowest BCUT2D eigenvalue weighted by Gasteiger charge is -2.18. The van der Waals surface area contributed by atoms with Gasteiger partial charge in [-0.05, 0) is 42.9 Å². The number of rotatable bonds is 7. The highest BCUT2D eigenvalue weighted by Gasteiger charge is 2.28. The van der Waals surface area contributed by atoms with E-state index in [0.29, 0.717) is 12.5 Å². The molecule has 112 valence electrons. The average molecular weight is 368 g/mol. The first-order valence-electron chi connectivity index (χ1n) is 6.63. The van der Waals surface area contributed by atoms with Gasteiger partial charge >= 0.3 is 5.51 Å². The van der Waals surface area contributed by atoms with Gasteiger partial charge in [-0.1, -0.05) is 39.8 Å². The van der Waals surface area contributed by atoms with Crippen molar-refractivity contribution in [2.75, 3.05) is 12.3 Å². The molecule has 1 aromatic rings. The van der Waals surface area contributed by atoms with Gasteiger partial charge < -0.3 is 5.32 Å². The van der Waals surface area contributed by atoms with Crippen molar-refractivity contribution in [3.63, 3.8) is 0 Å². The quantitative estimate of drug-likeness (QED) is 0.733. The Kier molecular flexibility index (Phi) is 5.81. The van der Waals surface area contributed by atoms with Gasteiger partial charge in [-0.3, -0.25) is 0 Å². The Labute approximate surface area is 129 Å². The molecule has 20 heavy (non-hydrogen) atoms. The smallest absolute Gasteiger partial charge is 0.313 e. The molecule has 0 saturated heterocycles. The van der Waals surface area contributed by atoms with Crippen molar-refractivity contribution in [1.29, 1.82) is 0 Å². The Hall–Kier alpha value is -0.200. The maximum atomic E-state index is 12.2. The number of hydrogen-bond donors (Lipinski definition) is 1. The number of nitrogens with one attached hydrogen (secondary N) is 1. The minimum Gasteiger partial charge on any atom is -0.313 e. The van der Waals surface area contributed by atoms with E-state index in [2.05, 4.69) is 21.2 Å². The topological polar surface area (TPSA) is 12.0 Å². The van der Waals surface area contributed by atoms with E-state index in [9.17, 15) is 13.2 Å². The minimum absolute atomic E-state index is 0.0726. The van der Waals surface area contributed by atoms with Crippen LogP contribution in [0.4, 0.5) is 13.2 Å². The van der Waals surface area contributed by atoms with E-state index in [1.54, 1.807) is 0 Å². The van der Waals surface area contributed by atoms with Crippen molar-refractivity contribution >= 4 is 27.7 Å². The third-order valence-electron chi connectivity index (χ3n) is 3.30. The lowest BCUT2D eigenvalue weighted by atomic mass is 9.96. The molecule has 1 N–H and O–H groups in total. The van der Waals surface area contributed by atoms with Crippen LogP contribution in [0, 0.1) is 0 Å². The molecule has 1 aromatic carbocycles. The Morgan fingerprint density at radius 3 is 2.45 bits per heavy atom. The van der Waals surface area contributed by atoms with E-state index in [1.807, 2.05) is 24.3 Å². The normalized spacial score (nSPS) is 17.2. The molecule has 6 heteroatoms. The number of alkyl halides is 3. The molecule has 0 bridgehead atoms. The summed E-state index contributed by atoms with van der Waals surface area (Å²) in [7, 11) is 0. The number of thioether (sulfide) groups is 1. The molecule has 2 rings (SSSR count). The van der Waals surface area contributed by atoms with Crippen LogP contribution in [0.5, 0.6) is 0 Å². The van der Waals surface area contributed by atoms with Gasteiger partial charge in [0.2, 0.25) is 0 Å². The number of benzene rings is 1. The van der Waals surface area contributed by atoms with E-state index < -0.39 is 5.51 Å². The van der Waals surface area contributed by atoms with E-state index in [-0.39, 0.29) is 23.4 Å². The van der Waals surface area contributed by atoms with E-state index in [0.717, 1.165) is 16.6 Å². The van der Waals surface area contributed by atoms with Crippen LogP contribution in [0.15, 0.2) is 28.7 Å². The fraction of sp³-hybridized carbons (Fsp3) is 0.571. The molecule has 1 nitrogen and oxygen atoms in total. The summed E-state index contributed by atoms with van der Waals surface area (Å²) in [6.07, 6.45) is 2.90. The van der Waals surface area contributed by atoms with Crippen LogP contribution in [-0.4, -0.2) is 23.8 Å². The van der Waals surface area contributed by atoms with Crippen molar-refractivity contribution in [3.8, 4) is 0 Å². The van der Waals surface area contributed by atoms with Crippen LogP contribution in [0.1, 0.15) is 30.7 Å². The monoisotopic (exact) mass is 367 g/mol. The molecule has 1 unspecified atom stereocenters. The summed E-state index contributed by atoms with van der Waals surface area (Å²) in [5.41, 5.74) is -3.03. The van der Waals surface area contributed by atoms with Gasteiger partial charge in [0.05, 0.1) is 0 Å². The summed E-state index contributed by atoms with van der Waals surface area (Å²) >= 11 is 3.45. The molecule has 0 amide bonds. The summed E-state index contributed by atoms with van der Waals surface area (Å²) in [5, 5.41) is 3.42. The van der Waals surface area contributed by atoms with Crippen LogP contribution in [0.25, 0.3) is 0 Å². The molecule has 0 radical (unpaired) electrons. The van der Waals surface area contributed by atoms with Gasteiger partial charge in [0.25, 0.3) is 0 Å². The van der Waals surface area contributed by atoms with Crippen molar-refractivity contribution < 1.29 is 13.2 Å². The summed E-state index contributed by atoms with van der Waals surface area (Å²) in [6, 6.07) is 8.43. The summed E-state index contributed by atoms with van der Waals surface area (Å²) in [6.45, 7) is 0.755. The third-order valence-corrected chi connectivity index (χ3v) is 4.60. The zero-order valence-electron chi connectivity index (χ0n) is 10.9. The van der Waals surface area contributed by atoms with E-state index >= 15 is 0 Å². The van der Waals surface area contributed by atoms with Crippen molar-refractivity contribution in [1.82, 2.24) is 5.32 Å². The Morgan fingerprint density at radius 1 is 1.25 bits per heavy atom. The molecule has 0 spiro atoms. The first kappa shape index (κ1) is 16.2. The van der Waals surface area contributed by atoms with Crippen molar-refractivity contribution in [2.24, 2.45) is 0 Å². The Morgan fingerprint density at radius 2 is 1.90 bits per heavy atom. The molecule has 0 aliphatic heterocycles. The standard InChI is InChI=1S/C14H17BrF3NS/c15-12-3-1-10(2-4-12)11(9-19-13-5-6-13)7-8-20-14(16,17)18/h1-4,11,13,19H,5-9H2. The maximum absolute atomic E-state index is 12.2. The second kappa shape index (κ2) is 7.18. The van der Waals surface area contributed by atoms with Crippen molar-refractivity contribution in [2.45, 2.75) is 36.7 Å². The fourth-order valence-electron chi connectivity index (χ4n) is 2.03. The number of halogens is 4. The first-order chi connectivity index (χ1) is 9.44. The van der Waals surface area contributed by atoms with Gasteiger partial charge in [-0.15, -0.1) is 0 Å². The Balaban J connectivity index is 1.90. The van der Waals surface area contributed by atoms with Gasteiger partial charge in [0.15, 0.2) is 0 Å². The molecule has 1 fully saturated rings. The fourth-order valence-corrected chi connectivity index (χ4v) is 2.93. The van der Waals surface area contributed by atoms with Gasteiger partial charge in [-0.25, -0.2) is 0 Å². The second-order valence-electron chi connectivity index (χ2n) is 5.01. The predicted octanol–water partition coefficient (Wildman–Crippen LogP) is 4.93. The zero-order valence-corrected chi connectivity index (χ0v) is 13.3. The molecule has 1 saturated carbocycles. The van der Waals surface area contributed by atoms with Crippen LogP contribution in [0.3, 0.4) is 0 Å². The highest BCUT2D eigenvalue weighted by atomic mass is 79.9. The molecule has 1 aliphatic carbocycles. The molecular formula is C14H17BrF3NS. The van der Waals surface area contributed by atoms with Crippen LogP contribution < -0.4 is 5.32 Å². The van der Waals surface area contributed by atoms with Crippen LogP contribution in [0.2, 0.25) is 0 Å². The third kappa shape index (κ3) is 6.06. The highest BCUT2D eigenvalue weighted by molar-refractivity contribution is 9.10. The summed E-state index contributed by atoms with van der Waals surface area (Å²) in [4.78, 5) is 0. The largest absolute Gasteiger partial charge is 0.441 e. The minimum atomic E-state index is -4.13. The van der Waals surface area contributed by atoms with Crippen molar-refractivity contribution in [3.05, 3.63) is 34.3 Å². The molecule has 1 aliphatic rings. The summed E-state index contributed by atoms with van der Waals surface area (Å²) < 4.78 is 37.7. The Bertz CT molecular complexity index is 417. The van der Waals surface area contributed by atoms with Crippen LogP contribution in [-0.2, 0) is 0 Å². The second-order valence-corrected chi connectivity index (χ2v) is 7.09.